The zero-order valence-electron chi connectivity index (χ0n) is 34.9. The highest BCUT2D eigenvalue weighted by Gasteiger charge is 2.45. The number of hydrogen-bond donors (Lipinski definition) is 4. The fourth-order valence-corrected chi connectivity index (χ4v) is 9.10. The van der Waals surface area contributed by atoms with Crippen molar-refractivity contribution in [3.05, 3.63) is 95.6 Å². The van der Waals surface area contributed by atoms with Crippen molar-refractivity contribution in [2.75, 3.05) is 68.4 Å². The van der Waals surface area contributed by atoms with Crippen LogP contribution in [-0.4, -0.2) is 120 Å². The number of nitrogens with zero attached hydrogens (tertiary/aromatic N) is 6. The molecule has 5 amide bonds. The minimum absolute atomic E-state index is 0.0171. The molecule has 16 nitrogen and oxygen atoms in total. The molecule has 16 heteroatoms. The largest absolute Gasteiger partial charge is 0.507 e. The number of hydrogen-bond acceptors (Lipinski definition) is 12. The summed E-state index contributed by atoms with van der Waals surface area (Å²) < 4.78 is 0. The van der Waals surface area contributed by atoms with Crippen LogP contribution in [0.1, 0.15) is 71.2 Å². The van der Waals surface area contributed by atoms with Gasteiger partial charge in [-0.05, 0) is 86.4 Å². The number of nitrogens with one attached hydrogen (secondary N) is 2. The summed E-state index contributed by atoms with van der Waals surface area (Å²) in [5.74, 6) is -0.674. The van der Waals surface area contributed by atoms with Gasteiger partial charge in [0.05, 0.1) is 22.4 Å². The maximum Gasteiger partial charge on any atom is 0.255 e. The Bertz CT molecular complexity index is 2290. The van der Waals surface area contributed by atoms with Crippen LogP contribution in [0.25, 0.3) is 11.3 Å². The van der Waals surface area contributed by atoms with Gasteiger partial charge in [0.15, 0.2) is 12.1 Å². The number of benzene rings is 3. The molecule has 324 valence electrons. The molecule has 4 heterocycles. The Morgan fingerprint density at radius 1 is 0.919 bits per heavy atom. The molecule has 62 heavy (non-hydrogen) atoms. The van der Waals surface area contributed by atoms with Crippen molar-refractivity contribution >= 4 is 53.5 Å². The lowest BCUT2D eigenvalue weighted by atomic mass is 9.71. The first-order valence-electron chi connectivity index (χ1n) is 21.2. The van der Waals surface area contributed by atoms with E-state index in [1.54, 1.807) is 30.3 Å². The SMILES string of the molecule is CN(C(=O)c1ccc(N2CCC(CCN(CCNC=O)C(=O)C3(c4ccccc4)CCN(c4cc(-c5ccccc5O)nnc4N)CC3)CC2)cc1C=O)C1CCC(=O)NC1=O. The van der Waals surface area contributed by atoms with Crippen LogP contribution in [0.5, 0.6) is 5.75 Å². The number of aromatic nitrogens is 2. The predicted octanol–water partition coefficient (Wildman–Crippen LogP) is 3.54. The third-order valence-corrected chi connectivity index (χ3v) is 12.7. The van der Waals surface area contributed by atoms with Crippen LogP contribution in [0.2, 0.25) is 0 Å². The molecule has 4 aromatic rings. The number of phenols is 1. The van der Waals surface area contributed by atoms with Gasteiger partial charge in [-0.2, -0.15) is 0 Å². The Morgan fingerprint density at radius 2 is 1.65 bits per heavy atom. The van der Waals surface area contributed by atoms with Crippen LogP contribution < -0.4 is 26.2 Å². The molecule has 3 fully saturated rings. The first-order chi connectivity index (χ1) is 30.0. The topological polar surface area (TPSA) is 211 Å². The van der Waals surface area contributed by atoms with E-state index in [1.165, 1.54) is 11.9 Å². The van der Waals surface area contributed by atoms with Gasteiger partial charge < -0.3 is 35.8 Å². The van der Waals surface area contributed by atoms with Gasteiger partial charge in [0, 0.05) is 76.1 Å². The number of imide groups is 1. The van der Waals surface area contributed by atoms with Gasteiger partial charge in [-0.25, -0.2) is 0 Å². The number of rotatable bonds is 15. The maximum absolute atomic E-state index is 15.0. The Hall–Kier alpha value is -6.84. The van der Waals surface area contributed by atoms with Crippen LogP contribution in [0.3, 0.4) is 0 Å². The summed E-state index contributed by atoms with van der Waals surface area (Å²) in [7, 11) is 1.50. The lowest BCUT2D eigenvalue weighted by Gasteiger charge is -2.44. The lowest BCUT2D eigenvalue weighted by Crippen LogP contribution is -2.54. The molecule has 3 aliphatic rings. The highest BCUT2D eigenvalue weighted by Crippen LogP contribution is 2.41. The minimum Gasteiger partial charge on any atom is -0.507 e. The van der Waals surface area contributed by atoms with E-state index in [0.717, 1.165) is 43.6 Å². The van der Waals surface area contributed by atoms with E-state index in [1.807, 2.05) is 53.4 Å². The van der Waals surface area contributed by atoms with Crippen molar-refractivity contribution in [1.82, 2.24) is 30.6 Å². The molecule has 0 aliphatic carbocycles. The quantitative estimate of drug-likeness (QED) is 0.0770. The van der Waals surface area contributed by atoms with Gasteiger partial charge in [-0.15, -0.1) is 10.2 Å². The molecule has 5 N–H and O–H groups in total. The Morgan fingerprint density at radius 3 is 2.34 bits per heavy atom. The fraction of sp³-hybridized carbons (Fsp3) is 0.391. The maximum atomic E-state index is 15.0. The van der Waals surface area contributed by atoms with E-state index in [0.29, 0.717) is 81.1 Å². The molecule has 0 bridgehead atoms. The van der Waals surface area contributed by atoms with Crippen molar-refractivity contribution in [2.45, 2.75) is 56.4 Å². The van der Waals surface area contributed by atoms with Gasteiger partial charge in [0.2, 0.25) is 24.1 Å². The molecule has 1 unspecified atom stereocenters. The van der Waals surface area contributed by atoms with Crippen molar-refractivity contribution in [2.24, 2.45) is 5.92 Å². The van der Waals surface area contributed by atoms with Crippen LogP contribution in [0, 0.1) is 5.92 Å². The summed E-state index contributed by atoms with van der Waals surface area (Å²) in [6.07, 6.45) is 5.16. The molecule has 0 spiro atoms. The summed E-state index contributed by atoms with van der Waals surface area (Å²) in [5, 5.41) is 24.0. The van der Waals surface area contributed by atoms with E-state index in [4.69, 9.17) is 5.73 Å². The number of aromatic hydroxyl groups is 1. The third kappa shape index (κ3) is 9.23. The minimum atomic E-state index is -0.821. The second-order valence-corrected chi connectivity index (χ2v) is 16.3. The molecule has 0 saturated carbocycles. The van der Waals surface area contributed by atoms with Crippen LogP contribution >= 0.6 is 0 Å². The number of carbonyl (C=O) groups excluding carboxylic acids is 6. The average Bonchev–Trinajstić information content (AvgIpc) is 3.30. The van der Waals surface area contributed by atoms with Crippen LogP contribution in [0.15, 0.2) is 78.9 Å². The summed E-state index contributed by atoms with van der Waals surface area (Å²) in [6.45, 7) is 3.67. The monoisotopic (exact) mass is 843 g/mol. The van der Waals surface area contributed by atoms with Crippen LogP contribution in [0.4, 0.5) is 17.2 Å². The summed E-state index contributed by atoms with van der Waals surface area (Å²) in [6, 6.07) is 23.0. The van der Waals surface area contributed by atoms with Crippen molar-refractivity contribution < 1.29 is 33.9 Å². The van der Waals surface area contributed by atoms with Crippen molar-refractivity contribution in [3.8, 4) is 17.0 Å². The van der Waals surface area contributed by atoms with Gasteiger partial charge in [0.25, 0.3) is 5.91 Å². The second-order valence-electron chi connectivity index (χ2n) is 16.3. The number of para-hydroxylation sites is 1. The number of aldehydes is 1. The van der Waals surface area contributed by atoms with Gasteiger partial charge in [-0.3, -0.25) is 34.1 Å². The van der Waals surface area contributed by atoms with E-state index >= 15 is 4.79 Å². The zero-order valence-corrected chi connectivity index (χ0v) is 34.9. The first kappa shape index (κ1) is 43.3. The molecule has 0 radical (unpaired) electrons. The molecule has 3 aromatic carbocycles. The Labute approximate surface area is 360 Å². The smallest absolute Gasteiger partial charge is 0.255 e. The normalized spacial score (nSPS) is 17.8. The summed E-state index contributed by atoms with van der Waals surface area (Å²) >= 11 is 0. The van der Waals surface area contributed by atoms with E-state index < -0.39 is 23.3 Å². The van der Waals surface area contributed by atoms with Crippen molar-refractivity contribution in [3.63, 3.8) is 0 Å². The van der Waals surface area contributed by atoms with Crippen LogP contribution in [-0.2, 0) is 24.6 Å². The number of phenolic OH excluding ortho intramolecular Hbond substituents is 1. The lowest BCUT2D eigenvalue weighted by molar-refractivity contribution is -0.139. The molecule has 7 rings (SSSR count). The summed E-state index contributed by atoms with van der Waals surface area (Å²) in [5.41, 5.74) is 9.46. The van der Waals surface area contributed by atoms with Gasteiger partial charge in [0.1, 0.15) is 11.8 Å². The number of nitrogen functional groups attached to an aromatic ring is 1. The molecule has 3 aliphatic heterocycles. The van der Waals surface area contributed by atoms with Gasteiger partial charge in [-0.1, -0.05) is 42.5 Å². The van der Waals surface area contributed by atoms with E-state index in [-0.39, 0.29) is 47.4 Å². The number of anilines is 3. The van der Waals surface area contributed by atoms with Gasteiger partial charge >= 0.3 is 0 Å². The van der Waals surface area contributed by atoms with Crippen molar-refractivity contribution in [1.29, 1.82) is 0 Å². The standard InChI is InChI=1S/C46H53N9O7/c1-52(38-13-14-41(59)49-43(38)60)44(61)35-12-11-34(27-32(35)29-56)53-21-15-31(16-22-53)17-23-55(26-20-48-30-57)45(62)46(33-7-3-2-4-8-33)18-24-54(25-19-46)39-28-37(50-51-42(39)47)36-9-5-6-10-40(36)58/h2-12,27-31,38,58H,13-26H2,1H3,(H2,47,51)(H,48,57)(H,49,59,60). The first-order valence-corrected chi connectivity index (χ1v) is 21.2. The van der Waals surface area contributed by atoms with E-state index in [9.17, 15) is 29.1 Å². The highest BCUT2D eigenvalue weighted by molar-refractivity contribution is 6.06. The number of likely N-dealkylation sites (N-methyl/N-ethyl adjacent to an activating group) is 1. The second kappa shape index (κ2) is 19.3. The number of carbonyl (C=O) groups is 6. The average molecular weight is 844 g/mol. The fourth-order valence-electron chi connectivity index (χ4n) is 9.10. The Balaban J connectivity index is 1.01. The Kier molecular flexibility index (Phi) is 13.4. The summed E-state index contributed by atoms with van der Waals surface area (Å²) in [4.78, 5) is 83.5. The molecule has 1 atom stereocenters. The molecular weight excluding hydrogens is 791 g/mol. The molecule has 3 saturated heterocycles. The number of piperidine rings is 3. The number of nitrogens with two attached hydrogens (primary N) is 1. The zero-order chi connectivity index (χ0) is 43.8. The third-order valence-electron chi connectivity index (χ3n) is 12.7. The highest BCUT2D eigenvalue weighted by atomic mass is 16.3. The number of amides is 5. The van der Waals surface area contributed by atoms with E-state index in [2.05, 4.69) is 30.6 Å². The predicted molar refractivity (Wildman–Crippen MR) is 233 cm³/mol. The molecular formula is C46H53N9O7. The molecule has 1 aromatic heterocycles.